The Balaban J connectivity index is 1.44. The number of halogens is 1. The lowest BCUT2D eigenvalue weighted by atomic mass is 9.90. The maximum atomic E-state index is 13.5. The van der Waals surface area contributed by atoms with Gasteiger partial charge in [0.15, 0.2) is 0 Å². The summed E-state index contributed by atoms with van der Waals surface area (Å²) in [6.45, 7) is -0.229. The zero-order valence-electron chi connectivity index (χ0n) is 21.2. The van der Waals surface area contributed by atoms with E-state index in [-0.39, 0.29) is 18.3 Å². The van der Waals surface area contributed by atoms with Crippen LogP contribution in [0.15, 0.2) is 54.6 Å². The molecule has 196 valence electrons. The first-order chi connectivity index (χ1) is 18.1. The number of amides is 1. The predicted molar refractivity (Wildman–Crippen MR) is 140 cm³/mol. The lowest BCUT2D eigenvalue weighted by Gasteiger charge is -2.27. The van der Waals surface area contributed by atoms with Crippen LogP contribution in [-0.4, -0.2) is 27.6 Å². The van der Waals surface area contributed by atoms with Crippen molar-refractivity contribution in [2.45, 2.75) is 82.2 Å². The Morgan fingerprint density at radius 2 is 1.76 bits per heavy atom. The molecule has 1 saturated carbocycles. The minimum Gasteiger partial charge on any atom is -0.394 e. The van der Waals surface area contributed by atoms with E-state index in [4.69, 9.17) is 9.84 Å². The molecular weight excluding hydrogens is 469 g/mol. The number of hydrogen-bond donors (Lipinski definition) is 2. The molecule has 1 aromatic heterocycles. The lowest BCUT2D eigenvalue weighted by molar-refractivity contribution is 0.180. The Morgan fingerprint density at radius 1 is 1.03 bits per heavy atom. The average Bonchev–Trinajstić information content (AvgIpc) is 3.15. The van der Waals surface area contributed by atoms with Gasteiger partial charge in [-0.1, -0.05) is 68.1 Å². The number of rotatable bonds is 7. The molecule has 3 aromatic rings. The summed E-state index contributed by atoms with van der Waals surface area (Å²) in [4.78, 5) is 13.0. The van der Waals surface area contributed by atoms with Gasteiger partial charge < -0.3 is 15.2 Å². The first-order valence-corrected chi connectivity index (χ1v) is 13.6. The largest absolute Gasteiger partial charge is 0.414 e. The highest BCUT2D eigenvalue weighted by molar-refractivity contribution is 5.71. The van der Waals surface area contributed by atoms with Crippen LogP contribution in [0, 0.1) is 5.82 Å². The summed E-state index contributed by atoms with van der Waals surface area (Å²) >= 11 is 0. The van der Waals surface area contributed by atoms with Crippen molar-refractivity contribution < 1.29 is 19.0 Å². The molecule has 2 aliphatic carbocycles. The van der Waals surface area contributed by atoms with Crippen molar-refractivity contribution in [1.29, 1.82) is 0 Å². The first kappa shape index (κ1) is 25.5. The standard InChI is InChI=1S/C30H36FN3O3/c31-24-17-15-21(16-18-24)19-23-11-7-8-14-26-28(23)34(25-12-5-2-6-13-25)33-29(26)37-30(36)32-27(20-35)22-9-3-1-4-10-22/h1,3-4,9-10,15-18,23,25,27,35H,2,5-8,11-14,19-20H2,(H,32,36)/t23-,27-/m0/s1. The fraction of sp³-hybridized carbons (Fsp3) is 0.467. The number of aromatic nitrogens is 2. The van der Waals surface area contributed by atoms with Crippen LogP contribution in [0.5, 0.6) is 5.88 Å². The van der Waals surface area contributed by atoms with Gasteiger partial charge in [-0.05, 0) is 61.8 Å². The molecule has 0 radical (unpaired) electrons. The van der Waals surface area contributed by atoms with E-state index in [1.165, 1.54) is 37.1 Å². The number of nitrogens with one attached hydrogen (secondary N) is 1. The van der Waals surface area contributed by atoms with Crippen molar-refractivity contribution in [3.05, 3.63) is 82.8 Å². The van der Waals surface area contributed by atoms with Crippen LogP contribution in [-0.2, 0) is 12.8 Å². The van der Waals surface area contributed by atoms with E-state index in [2.05, 4.69) is 10.00 Å². The van der Waals surface area contributed by atoms with Gasteiger partial charge in [-0.25, -0.2) is 9.18 Å². The van der Waals surface area contributed by atoms with Crippen molar-refractivity contribution in [3.8, 4) is 5.88 Å². The van der Waals surface area contributed by atoms with Crippen LogP contribution in [0.2, 0.25) is 0 Å². The number of fused-ring (bicyclic) bond motifs is 1. The van der Waals surface area contributed by atoms with Gasteiger partial charge >= 0.3 is 6.09 Å². The molecule has 7 heteroatoms. The summed E-state index contributed by atoms with van der Waals surface area (Å²) < 4.78 is 21.6. The van der Waals surface area contributed by atoms with Gasteiger partial charge in [0.1, 0.15) is 5.82 Å². The Bertz CT molecular complexity index is 1170. The average molecular weight is 506 g/mol. The maximum absolute atomic E-state index is 13.5. The van der Waals surface area contributed by atoms with Gasteiger partial charge in [0.05, 0.1) is 18.7 Å². The van der Waals surface area contributed by atoms with E-state index >= 15 is 0 Å². The number of aliphatic hydroxyl groups is 1. The summed E-state index contributed by atoms with van der Waals surface area (Å²) in [6, 6.07) is 15.9. The zero-order chi connectivity index (χ0) is 25.6. The van der Waals surface area contributed by atoms with Gasteiger partial charge in [0.25, 0.3) is 0 Å². The van der Waals surface area contributed by atoms with E-state index in [0.717, 1.165) is 61.6 Å². The minimum atomic E-state index is -0.613. The maximum Gasteiger partial charge on any atom is 0.414 e. The van der Waals surface area contributed by atoms with E-state index in [0.29, 0.717) is 11.9 Å². The number of carbonyl (C=O) groups excluding carboxylic acids is 1. The second kappa shape index (κ2) is 11.9. The highest BCUT2D eigenvalue weighted by Gasteiger charge is 2.32. The van der Waals surface area contributed by atoms with Crippen molar-refractivity contribution in [3.63, 3.8) is 0 Å². The molecule has 0 spiro atoms. The molecule has 0 aliphatic heterocycles. The molecule has 0 unspecified atom stereocenters. The highest BCUT2D eigenvalue weighted by atomic mass is 19.1. The van der Waals surface area contributed by atoms with Crippen LogP contribution in [0.1, 0.15) is 91.8 Å². The van der Waals surface area contributed by atoms with Gasteiger partial charge in [0, 0.05) is 17.2 Å². The molecule has 2 aromatic carbocycles. The molecule has 5 rings (SSSR count). The molecular formula is C30H36FN3O3. The molecule has 0 saturated heterocycles. The molecule has 2 atom stereocenters. The normalized spacial score (nSPS) is 19.0. The third-order valence-corrected chi connectivity index (χ3v) is 7.81. The van der Waals surface area contributed by atoms with Gasteiger partial charge in [-0.15, -0.1) is 5.10 Å². The third kappa shape index (κ3) is 6.04. The fourth-order valence-corrected chi connectivity index (χ4v) is 5.93. The quantitative estimate of drug-likeness (QED) is 0.364. The molecule has 1 amide bonds. The van der Waals surface area contributed by atoms with E-state index in [1.54, 1.807) is 0 Å². The highest BCUT2D eigenvalue weighted by Crippen LogP contribution is 2.41. The van der Waals surface area contributed by atoms with Crippen molar-refractivity contribution in [1.82, 2.24) is 15.1 Å². The Kier molecular flexibility index (Phi) is 8.19. The summed E-state index contributed by atoms with van der Waals surface area (Å²) in [5.74, 6) is 0.386. The SMILES string of the molecule is O=C(N[C@@H](CO)c1ccccc1)Oc1nn(C2CCCCC2)c2c1CCCC[C@H]2Cc1ccc(F)cc1. The molecule has 2 N–H and O–H groups in total. The van der Waals surface area contributed by atoms with Gasteiger partial charge in [-0.3, -0.25) is 4.68 Å². The predicted octanol–water partition coefficient (Wildman–Crippen LogP) is 6.40. The lowest BCUT2D eigenvalue weighted by Crippen LogP contribution is -2.33. The van der Waals surface area contributed by atoms with Crippen LogP contribution in [0.25, 0.3) is 0 Å². The van der Waals surface area contributed by atoms with Crippen LogP contribution in [0.3, 0.4) is 0 Å². The zero-order valence-corrected chi connectivity index (χ0v) is 21.2. The van der Waals surface area contributed by atoms with Crippen molar-refractivity contribution in [2.75, 3.05) is 6.61 Å². The number of benzene rings is 2. The smallest absolute Gasteiger partial charge is 0.394 e. The molecule has 1 fully saturated rings. The minimum absolute atomic E-state index is 0.226. The van der Waals surface area contributed by atoms with Crippen molar-refractivity contribution >= 4 is 6.09 Å². The monoisotopic (exact) mass is 505 g/mol. The number of aliphatic hydroxyl groups excluding tert-OH is 1. The first-order valence-electron chi connectivity index (χ1n) is 13.6. The number of nitrogens with zero attached hydrogens (tertiary/aromatic N) is 2. The van der Waals surface area contributed by atoms with Crippen molar-refractivity contribution in [2.24, 2.45) is 0 Å². The Labute approximate surface area is 217 Å². The van der Waals surface area contributed by atoms with Crippen LogP contribution in [0.4, 0.5) is 9.18 Å². The number of ether oxygens (including phenoxy) is 1. The second-order valence-corrected chi connectivity index (χ2v) is 10.4. The summed E-state index contributed by atoms with van der Waals surface area (Å²) in [5, 5.41) is 17.6. The summed E-state index contributed by atoms with van der Waals surface area (Å²) in [5.41, 5.74) is 4.11. The van der Waals surface area contributed by atoms with E-state index < -0.39 is 12.1 Å². The molecule has 0 bridgehead atoms. The topological polar surface area (TPSA) is 76.4 Å². The molecule has 2 aliphatic rings. The third-order valence-electron chi connectivity index (χ3n) is 7.81. The Hall–Kier alpha value is -3.19. The molecule has 6 nitrogen and oxygen atoms in total. The van der Waals surface area contributed by atoms with Gasteiger partial charge in [-0.2, -0.15) is 0 Å². The summed E-state index contributed by atoms with van der Waals surface area (Å²) in [6.07, 6.45) is 9.85. The molecule has 37 heavy (non-hydrogen) atoms. The summed E-state index contributed by atoms with van der Waals surface area (Å²) in [7, 11) is 0. The fourth-order valence-electron chi connectivity index (χ4n) is 5.93. The van der Waals surface area contributed by atoms with E-state index in [9.17, 15) is 14.3 Å². The number of hydrogen-bond acceptors (Lipinski definition) is 4. The van der Waals surface area contributed by atoms with Gasteiger partial charge in [0.2, 0.25) is 5.88 Å². The molecule has 1 heterocycles. The van der Waals surface area contributed by atoms with Crippen LogP contribution >= 0.6 is 0 Å². The van der Waals surface area contributed by atoms with Crippen LogP contribution < -0.4 is 10.1 Å². The Morgan fingerprint density at radius 3 is 2.49 bits per heavy atom. The second-order valence-electron chi connectivity index (χ2n) is 10.4. The number of carbonyl (C=O) groups is 1. The van der Waals surface area contributed by atoms with E-state index in [1.807, 2.05) is 42.5 Å².